The molecule has 1 fully saturated rings. The summed E-state index contributed by atoms with van der Waals surface area (Å²) in [5.41, 5.74) is 3.07. The predicted molar refractivity (Wildman–Crippen MR) is 113 cm³/mol. The summed E-state index contributed by atoms with van der Waals surface area (Å²) in [6.45, 7) is 5.41. The Bertz CT molecular complexity index is 768. The molecule has 0 saturated carbocycles. The van der Waals surface area contributed by atoms with E-state index in [4.69, 9.17) is 4.74 Å². The summed E-state index contributed by atoms with van der Waals surface area (Å²) in [5.74, 6) is 0.570. The maximum Gasteiger partial charge on any atom is 0.255 e. The Kier molecular flexibility index (Phi) is 6.93. The van der Waals surface area contributed by atoms with E-state index < -0.39 is 0 Å². The van der Waals surface area contributed by atoms with Crippen molar-refractivity contribution in [1.82, 2.24) is 5.32 Å². The number of para-hydroxylation sites is 1. The zero-order valence-electron chi connectivity index (χ0n) is 17.2. The summed E-state index contributed by atoms with van der Waals surface area (Å²) in [6.07, 6.45) is 2.51. The number of anilines is 1. The normalized spacial score (nSPS) is 15.2. The van der Waals surface area contributed by atoms with E-state index in [0.717, 1.165) is 13.1 Å². The van der Waals surface area contributed by atoms with E-state index >= 15 is 0 Å². The molecule has 1 saturated heterocycles. The molecule has 1 atom stereocenters. The Morgan fingerprint density at radius 3 is 2.43 bits per heavy atom. The van der Waals surface area contributed by atoms with Crippen molar-refractivity contribution in [2.45, 2.75) is 25.8 Å². The summed E-state index contributed by atoms with van der Waals surface area (Å²) >= 11 is 0. The Morgan fingerprint density at radius 1 is 1.11 bits per heavy atom. The minimum Gasteiger partial charge on any atom is -0.493 e. The van der Waals surface area contributed by atoms with Gasteiger partial charge in [0.1, 0.15) is 11.8 Å². The Hall–Kier alpha value is -2.53. The lowest BCUT2D eigenvalue weighted by atomic mass is 10.0. The topological polar surface area (TPSA) is 46.0 Å². The molecular formula is C23H32N3O2+. The molecule has 3 rings (SSSR count). The lowest BCUT2D eigenvalue weighted by molar-refractivity contribution is -0.918. The molecule has 5 nitrogen and oxygen atoms in total. The molecule has 0 aromatic heterocycles. The van der Waals surface area contributed by atoms with Crippen molar-refractivity contribution in [3.63, 3.8) is 0 Å². The smallest absolute Gasteiger partial charge is 0.255 e. The number of rotatable bonds is 8. The fraction of sp³-hybridized carbons (Fsp3) is 0.435. The van der Waals surface area contributed by atoms with Crippen molar-refractivity contribution in [1.29, 1.82) is 0 Å². The molecule has 0 aliphatic carbocycles. The van der Waals surface area contributed by atoms with Crippen LogP contribution in [0, 0.1) is 0 Å². The first-order valence-electron chi connectivity index (χ1n) is 10.2. The van der Waals surface area contributed by atoms with E-state index in [0.29, 0.717) is 24.5 Å². The van der Waals surface area contributed by atoms with E-state index in [9.17, 15) is 4.79 Å². The average Bonchev–Trinajstić information content (AvgIpc) is 3.23. The molecule has 2 N–H and O–H groups in total. The van der Waals surface area contributed by atoms with Crippen molar-refractivity contribution in [2.75, 3.05) is 45.2 Å². The first-order valence-corrected chi connectivity index (χ1v) is 10.2. The molecular weight excluding hydrogens is 350 g/mol. The van der Waals surface area contributed by atoms with Gasteiger partial charge >= 0.3 is 0 Å². The van der Waals surface area contributed by atoms with Gasteiger partial charge in [-0.1, -0.05) is 24.3 Å². The van der Waals surface area contributed by atoms with Gasteiger partial charge in [0.25, 0.3) is 5.91 Å². The second-order valence-electron chi connectivity index (χ2n) is 7.54. The molecule has 1 heterocycles. The SMILES string of the molecule is CCOc1ccccc1C(=O)NC[C@H](c1ccc(N(C)C)cc1)[NH+]1CCCC1. The molecule has 28 heavy (non-hydrogen) atoms. The zero-order chi connectivity index (χ0) is 19.9. The minimum absolute atomic E-state index is 0.0717. The number of ether oxygens (including phenoxy) is 1. The van der Waals surface area contributed by atoms with Crippen LogP contribution in [0.1, 0.15) is 41.7 Å². The van der Waals surface area contributed by atoms with Gasteiger partial charge in [-0.3, -0.25) is 4.79 Å². The first kappa shape index (κ1) is 20.2. The maximum atomic E-state index is 12.8. The lowest BCUT2D eigenvalue weighted by Crippen LogP contribution is -3.11. The Balaban J connectivity index is 1.74. The van der Waals surface area contributed by atoms with Gasteiger partial charge < -0.3 is 19.9 Å². The van der Waals surface area contributed by atoms with Crippen LogP contribution in [0.5, 0.6) is 5.75 Å². The van der Waals surface area contributed by atoms with Crippen LogP contribution in [0.3, 0.4) is 0 Å². The number of hydrogen-bond donors (Lipinski definition) is 2. The number of amides is 1. The van der Waals surface area contributed by atoms with Gasteiger partial charge in [0.05, 0.1) is 31.8 Å². The third kappa shape index (κ3) is 4.84. The molecule has 2 aromatic rings. The monoisotopic (exact) mass is 382 g/mol. The summed E-state index contributed by atoms with van der Waals surface area (Å²) in [6, 6.07) is 16.4. The van der Waals surface area contributed by atoms with E-state index in [2.05, 4.69) is 34.5 Å². The third-order valence-electron chi connectivity index (χ3n) is 5.45. The van der Waals surface area contributed by atoms with Gasteiger partial charge in [0, 0.05) is 38.2 Å². The highest BCUT2D eigenvalue weighted by molar-refractivity contribution is 5.96. The average molecular weight is 383 g/mol. The van der Waals surface area contributed by atoms with Crippen LogP contribution >= 0.6 is 0 Å². The molecule has 1 aliphatic rings. The van der Waals surface area contributed by atoms with Gasteiger partial charge in [-0.25, -0.2) is 0 Å². The van der Waals surface area contributed by atoms with Gasteiger partial charge in [-0.05, 0) is 31.2 Å². The van der Waals surface area contributed by atoms with Crippen LogP contribution in [0.2, 0.25) is 0 Å². The number of quaternary nitrogens is 1. The molecule has 1 amide bonds. The van der Waals surface area contributed by atoms with Gasteiger partial charge in [-0.15, -0.1) is 0 Å². The number of benzene rings is 2. The number of likely N-dealkylation sites (tertiary alicyclic amines) is 1. The van der Waals surface area contributed by atoms with E-state index in [1.807, 2.05) is 45.3 Å². The van der Waals surface area contributed by atoms with Gasteiger partial charge in [0.2, 0.25) is 0 Å². The van der Waals surface area contributed by atoms with Gasteiger partial charge in [-0.2, -0.15) is 0 Å². The fourth-order valence-corrected chi connectivity index (χ4v) is 3.91. The summed E-state index contributed by atoms with van der Waals surface area (Å²) < 4.78 is 5.61. The second-order valence-corrected chi connectivity index (χ2v) is 7.54. The summed E-state index contributed by atoms with van der Waals surface area (Å²) in [5, 5.41) is 3.16. The summed E-state index contributed by atoms with van der Waals surface area (Å²) in [7, 11) is 4.10. The molecule has 150 valence electrons. The number of nitrogens with zero attached hydrogens (tertiary/aromatic N) is 1. The van der Waals surface area contributed by atoms with Crippen LogP contribution in [0.25, 0.3) is 0 Å². The minimum atomic E-state index is -0.0717. The standard InChI is InChI=1S/C23H31N3O2/c1-4-28-22-10-6-5-9-20(22)23(27)24-17-21(26-15-7-8-16-26)18-11-13-19(14-12-18)25(2)3/h5-6,9-14,21H,4,7-8,15-17H2,1-3H3,(H,24,27)/p+1/t21-/m1/s1. The van der Waals surface area contributed by atoms with E-state index in [1.165, 1.54) is 24.1 Å². The number of carbonyl (C=O) groups excluding carboxylic acids is 1. The third-order valence-corrected chi connectivity index (χ3v) is 5.45. The van der Waals surface area contributed by atoms with E-state index in [-0.39, 0.29) is 11.9 Å². The highest BCUT2D eigenvalue weighted by Crippen LogP contribution is 2.19. The Morgan fingerprint density at radius 2 is 1.79 bits per heavy atom. The van der Waals surface area contributed by atoms with Crippen molar-refractivity contribution < 1.29 is 14.4 Å². The molecule has 0 radical (unpaired) electrons. The van der Waals surface area contributed by atoms with Crippen LogP contribution < -0.4 is 19.9 Å². The van der Waals surface area contributed by atoms with Crippen molar-refractivity contribution in [3.8, 4) is 5.75 Å². The Labute approximate surface area is 168 Å². The lowest BCUT2D eigenvalue weighted by Gasteiger charge is -2.26. The molecule has 0 bridgehead atoms. The highest BCUT2D eigenvalue weighted by Gasteiger charge is 2.28. The second kappa shape index (κ2) is 9.60. The zero-order valence-corrected chi connectivity index (χ0v) is 17.2. The first-order chi connectivity index (χ1) is 13.6. The molecule has 0 spiro atoms. The van der Waals surface area contributed by atoms with E-state index in [1.54, 1.807) is 4.90 Å². The van der Waals surface area contributed by atoms with Crippen molar-refractivity contribution in [3.05, 3.63) is 59.7 Å². The largest absolute Gasteiger partial charge is 0.493 e. The molecule has 5 heteroatoms. The van der Waals surface area contributed by atoms with Crippen LogP contribution in [-0.2, 0) is 0 Å². The van der Waals surface area contributed by atoms with Crippen LogP contribution in [0.4, 0.5) is 5.69 Å². The highest BCUT2D eigenvalue weighted by atomic mass is 16.5. The van der Waals surface area contributed by atoms with Crippen molar-refractivity contribution in [2.24, 2.45) is 0 Å². The number of hydrogen-bond acceptors (Lipinski definition) is 3. The molecule has 1 aliphatic heterocycles. The van der Waals surface area contributed by atoms with Crippen molar-refractivity contribution >= 4 is 11.6 Å². The molecule has 0 unspecified atom stereocenters. The predicted octanol–water partition coefficient (Wildman–Crippen LogP) is 2.30. The van der Waals surface area contributed by atoms with Crippen LogP contribution in [-0.4, -0.2) is 46.2 Å². The van der Waals surface area contributed by atoms with Crippen LogP contribution in [0.15, 0.2) is 48.5 Å². The fourth-order valence-electron chi connectivity index (χ4n) is 3.91. The quantitative estimate of drug-likeness (QED) is 0.736. The van der Waals surface area contributed by atoms with Gasteiger partial charge in [0.15, 0.2) is 0 Å². The molecule has 2 aromatic carbocycles. The maximum absolute atomic E-state index is 12.8. The summed E-state index contributed by atoms with van der Waals surface area (Å²) in [4.78, 5) is 16.5. The number of carbonyl (C=O) groups is 1. The number of nitrogens with one attached hydrogen (secondary N) is 2.